The maximum Gasteiger partial charge on any atom is 0.331 e. The van der Waals surface area contributed by atoms with Gasteiger partial charge < -0.3 is 14.2 Å². The molecular weight excluding hydrogens is 400 g/mol. The van der Waals surface area contributed by atoms with E-state index in [4.69, 9.17) is 14.2 Å². The molecule has 0 saturated carbocycles. The molecular formula is C28H32O4. The molecule has 0 aromatic heterocycles. The minimum atomic E-state index is -0.563. The molecule has 0 N–H and O–H groups in total. The topological polar surface area (TPSA) is 44.8 Å². The third-order valence-electron chi connectivity index (χ3n) is 5.65. The van der Waals surface area contributed by atoms with Crippen molar-refractivity contribution in [2.45, 2.75) is 46.3 Å². The zero-order chi connectivity index (χ0) is 23.1. The Labute approximate surface area is 191 Å². The highest BCUT2D eigenvalue weighted by molar-refractivity contribution is 5.76. The standard InChI is InChI=1S/C28H32O4/c1-20-16-25(31-18-22-12-8-6-9-13-22)27(23-14-10-7-11-15-23)24(21(20)2)17-28(3,4)32-19-26(29)30-5/h6-16H,17-19H2,1-5H3. The highest BCUT2D eigenvalue weighted by Gasteiger charge is 2.26. The van der Waals surface area contributed by atoms with Crippen LogP contribution in [0.4, 0.5) is 0 Å². The van der Waals surface area contributed by atoms with Crippen molar-refractivity contribution < 1.29 is 19.0 Å². The van der Waals surface area contributed by atoms with Crippen LogP contribution in [0.25, 0.3) is 11.1 Å². The van der Waals surface area contributed by atoms with Crippen molar-refractivity contribution in [3.63, 3.8) is 0 Å². The minimum absolute atomic E-state index is 0.0770. The summed E-state index contributed by atoms with van der Waals surface area (Å²) < 4.78 is 17.0. The van der Waals surface area contributed by atoms with Crippen molar-refractivity contribution in [1.82, 2.24) is 0 Å². The third-order valence-corrected chi connectivity index (χ3v) is 5.65. The molecule has 3 aromatic carbocycles. The molecule has 0 saturated heterocycles. The van der Waals surface area contributed by atoms with E-state index >= 15 is 0 Å². The maximum absolute atomic E-state index is 11.6. The summed E-state index contributed by atoms with van der Waals surface area (Å²) in [5.41, 5.74) is 6.24. The lowest BCUT2D eigenvalue weighted by Crippen LogP contribution is -2.31. The van der Waals surface area contributed by atoms with Gasteiger partial charge in [-0.25, -0.2) is 4.79 Å². The second-order valence-electron chi connectivity index (χ2n) is 8.61. The van der Waals surface area contributed by atoms with E-state index in [9.17, 15) is 4.79 Å². The minimum Gasteiger partial charge on any atom is -0.488 e. The summed E-state index contributed by atoms with van der Waals surface area (Å²) in [4.78, 5) is 11.6. The fourth-order valence-corrected chi connectivity index (χ4v) is 3.73. The van der Waals surface area contributed by atoms with Crippen molar-refractivity contribution in [1.29, 1.82) is 0 Å². The van der Waals surface area contributed by atoms with Crippen molar-refractivity contribution in [2.75, 3.05) is 13.7 Å². The van der Waals surface area contributed by atoms with Crippen LogP contribution in [0.1, 0.15) is 36.1 Å². The molecule has 0 bridgehead atoms. The van der Waals surface area contributed by atoms with Crippen LogP contribution in [-0.2, 0) is 27.3 Å². The van der Waals surface area contributed by atoms with E-state index in [1.165, 1.54) is 12.7 Å². The Morgan fingerprint density at radius 2 is 1.56 bits per heavy atom. The molecule has 0 spiro atoms. The van der Waals surface area contributed by atoms with Crippen LogP contribution in [0.3, 0.4) is 0 Å². The van der Waals surface area contributed by atoms with Crippen LogP contribution < -0.4 is 4.74 Å². The van der Waals surface area contributed by atoms with E-state index in [0.29, 0.717) is 13.0 Å². The Morgan fingerprint density at radius 1 is 0.938 bits per heavy atom. The fraction of sp³-hybridized carbons (Fsp3) is 0.321. The summed E-state index contributed by atoms with van der Waals surface area (Å²) in [6.45, 7) is 8.64. The van der Waals surface area contributed by atoms with Gasteiger partial charge in [0.25, 0.3) is 0 Å². The largest absolute Gasteiger partial charge is 0.488 e. The van der Waals surface area contributed by atoms with Crippen LogP contribution >= 0.6 is 0 Å². The molecule has 4 nitrogen and oxygen atoms in total. The Hall–Kier alpha value is -3.11. The lowest BCUT2D eigenvalue weighted by molar-refractivity contribution is -0.151. The van der Waals surface area contributed by atoms with Gasteiger partial charge in [-0.2, -0.15) is 0 Å². The number of carbonyl (C=O) groups excluding carboxylic acids is 1. The summed E-state index contributed by atoms with van der Waals surface area (Å²) in [5.74, 6) is 0.469. The quantitative estimate of drug-likeness (QED) is 0.386. The van der Waals surface area contributed by atoms with Gasteiger partial charge in [-0.15, -0.1) is 0 Å². The molecule has 0 aliphatic rings. The van der Waals surface area contributed by atoms with Gasteiger partial charge in [0.05, 0.1) is 12.7 Å². The average Bonchev–Trinajstić information content (AvgIpc) is 2.80. The second kappa shape index (κ2) is 10.5. The highest BCUT2D eigenvalue weighted by atomic mass is 16.6. The molecule has 0 heterocycles. The molecule has 0 unspecified atom stereocenters. The lowest BCUT2D eigenvalue weighted by Gasteiger charge is -2.29. The Kier molecular flexibility index (Phi) is 7.70. The molecule has 0 aliphatic heterocycles. The van der Waals surface area contributed by atoms with Crippen molar-refractivity contribution in [3.05, 3.63) is 89.0 Å². The van der Waals surface area contributed by atoms with E-state index in [0.717, 1.165) is 33.6 Å². The van der Waals surface area contributed by atoms with E-state index in [-0.39, 0.29) is 12.6 Å². The van der Waals surface area contributed by atoms with E-state index in [2.05, 4.69) is 44.2 Å². The first-order valence-corrected chi connectivity index (χ1v) is 10.9. The summed E-state index contributed by atoms with van der Waals surface area (Å²) >= 11 is 0. The predicted octanol–water partition coefficient (Wildman–Crippen LogP) is 6.06. The number of ether oxygens (including phenoxy) is 3. The number of carbonyl (C=O) groups is 1. The van der Waals surface area contributed by atoms with Crippen LogP contribution in [0.2, 0.25) is 0 Å². The van der Waals surface area contributed by atoms with Gasteiger partial charge in [-0.1, -0.05) is 60.7 Å². The normalized spacial score (nSPS) is 11.3. The summed E-state index contributed by atoms with van der Waals surface area (Å²) in [7, 11) is 1.37. The molecule has 0 atom stereocenters. The average molecular weight is 433 g/mol. The number of hydrogen-bond acceptors (Lipinski definition) is 4. The second-order valence-corrected chi connectivity index (χ2v) is 8.61. The summed E-state index contributed by atoms with van der Waals surface area (Å²) in [6.07, 6.45) is 0.628. The van der Waals surface area contributed by atoms with Gasteiger partial charge in [0.15, 0.2) is 0 Å². The van der Waals surface area contributed by atoms with E-state index in [1.807, 2.05) is 50.2 Å². The first-order chi connectivity index (χ1) is 15.3. The Balaban J connectivity index is 2.02. The molecule has 3 rings (SSSR count). The Bertz CT molecular complexity index is 1040. The highest BCUT2D eigenvalue weighted by Crippen LogP contribution is 2.39. The molecule has 0 fully saturated rings. The van der Waals surface area contributed by atoms with Gasteiger partial charge in [0.1, 0.15) is 19.0 Å². The number of rotatable bonds is 9. The van der Waals surface area contributed by atoms with Crippen LogP contribution in [-0.4, -0.2) is 25.3 Å². The molecule has 0 radical (unpaired) electrons. The van der Waals surface area contributed by atoms with E-state index < -0.39 is 5.60 Å². The van der Waals surface area contributed by atoms with Gasteiger partial charge in [-0.3, -0.25) is 0 Å². The van der Waals surface area contributed by atoms with Crippen LogP contribution in [0.5, 0.6) is 5.75 Å². The number of benzene rings is 3. The maximum atomic E-state index is 11.6. The van der Waals surface area contributed by atoms with Crippen molar-refractivity contribution >= 4 is 5.97 Å². The SMILES string of the molecule is COC(=O)COC(C)(C)Cc1c(C)c(C)cc(OCc2ccccc2)c1-c1ccccc1. The zero-order valence-corrected chi connectivity index (χ0v) is 19.6. The van der Waals surface area contributed by atoms with Gasteiger partial charge >= 0.3 is 5.97 Å². The molecule has 3 aromatic rings. The first kappa shape index (κ1) is 23.6. The van der Waals surface area contributed by atoms with Crippen molar-refractivity contribution in [2.24, 2.45) is 0 Å². The number of methoxy groups -OCH3 is 1. The predicted molar refractivity (Wildman–Crippen MR) is 128 cm³/mol. The molecule has 4 heteroatoms. The smallest absolute Gasteiger partial charge is 0.331 e. The first-order valence-electron chi connectivity index (χ1n) is 10.9. The molecule has 168 valence electrons. The zero-order valence-electron chi connectivity index (χ0n) is 19.6. The fourth-order valence-electron chi connectivity index (χ4n) is 3.73. The molecule has 0 amide bonds. The van der Waals surface area contributed by atoms with Gasteiger partial charge in [0, 0.05) is 12.0 Å². The number of aryl methyl sites for hydroxylation is 1. The van der Waals surface area contributed by atoms with Crippen LogP contribution in [0.15, 0.2) is 66.7 Å². The molecule has 0 aliphatic carbocycles. The monoisotopic (exact) mass is 432 g/mol. The van der Waals surface area contributed by atoms with Gasteiger partial charge in [-0.05, 0) is 61.6 Å². The number of esters is 1. The van der Waals surface area contributed by atoms with E-state index in [1.54, 1.807) is 0 Å². The van der Waals surface area contributed by atoms with Crippen molar-refractivity contribution in [3.8, 4) is 16.9 Å². The lowest BCUT2D eigenvalue weighted by atomic mass is 9.86. The third kappa shape index (κ3) is 5.98. The summed E-state index contributed by atoms with van der Waals surface area (Å²) in [6, 6.07) is 22.6. The van der Waals surface area contributed by atoms with Gasteiger partial charge in [0.2, 0.25) is 0 Å². The Morgan fingerprint density at radius 3 is 2.19 bits per heavy atom. The number of hydrogen-bond donors (Lipinski definition) is 0. The van der Waals surface area contributed by atoms with Crippen LogP contribution in [0, 0.1) is 13.8 Å². The molecule has 32 heavy (non-hydrogen) atoms. The summed E-state index contributed by atoms with van der Waals surface area (Å²) in [5, 5.41) is 0.